The maximum atomic E-state index is 10.4. The quantitative estimate of drug-likeness (QED) is 0.856. The third kappa shape index (κ3) is 2.26. The average Bonchev–Trinajstić information content (AvgIpc) is 2.77. The van der Waals surface area contributed by atoms with Crippen molar-refractivity contribution < 1.29 is 5.11 Å². The molecular formula is C11H19N3OS. The van der Waals surface area contributed by atoms with Crippen molar-refractivity contribution >= 4 is 11.8 Å². The van der Waals surface area contributed by atoms with Crippen molar-refractivity contribution in [2.75, 3.05) is 25.1 Å². The Morgan fingerprint density at radius 2 is 2.50 bits per heavy atom. The Balaban J connectivity index is 2.14. The van der Waals surface area contributed by atoms with Crippen LogP contribution in [-0.4, -0.2) is 50.9 Å². The molecule has 16 heavy (non-hydrogen) atoms. The van der Waals surface area contributed by atoms with Crippen molar-refractivity contribution in [3.05, 3.63) is 18.0 Å². The van der Waals surface area contributed by atoms with Gasteiger partial charge in [0, 0.05) is 30.8 Å². The van der Waals surface area contributed by atoms with Crippen molar-refractivity contribution in [2.45, 2.75) is 25.6 Å². The predicted molar refractivity (Wildman–Crippen MR) is 66.6 cm³/mol. The minimum atomic E-state index is -0.430. The molecule has 90 valence electrons. The van der Waals surface area contributed by atoms with Gasteiger partial charge < -0.3 is 5.11 Å². The maximum Gasteiger partial charge on any atom is 0.112 e. The van der Waals surface area contributed by atoms with Crippen molar-refractivity contribution in [2.24, 2.45) is 0 Å². The van der Waals surface area contributed by atoms with Crippen LogP contribution >= 0.6 is 11.8 Å². The number of aryl methyl sites for hydroxylation is 1. The molecule has 1 N–H and O–H groups in total. The molecule has 1 fully saturated rings. The number of rotatable bonds is 3. The van der Waals surface area contributed by atoms with Crippen LogP contribution in [0.3, 0.4) is 0 Å². The summed E-state index contributed by atoms with van der Waals surface area (Å²) in [5.74, 6) is 2.15. The van der Waals surface area contributed by atoms with Crippen LogP contribution in [0.2, 0.25) is 0 Å². The second-order valence-corrected chi connectivity index (χ2v) is 5.29. The first-order valence-corrected chi connectivity index (χ1v) is 6.87. The van der Waals surface area contributed by atoms with Gasteiger partial charge in [-0.15, -0.1) is 0 Å². The molecule has 1 aliphatic heterocycles. The van der Waals surface area contributed by atoms with Crippen LogP contribution in [0.4, 0.5) is 0 Å². The number of aliphatic hydroxyl groups excluding tert-OH is 1. The van der Waals surface area contributed by atoms with Gasteiger partial charge in [-0.05, 0) is 20.0 Å². The van der Waals surface area contributed by atoms with Gasteiger partial charge in [0.1, 0.15) is 6.10 Å². The van der Waals surface area contributed by atoms with Gasteiger partial charge in [-0.2, -0.15) is 16.9 Å². The molecule has 2 rings (SSSR count). The number of aliphatic hydroxyl groups is 1. The summed E-state index contributed by atoms with van der Waals surface area (Å²) < 4.78 is 1.87. The molecule has 0 amide bonds. The molecule has 2 heterocycles. The van der Waals surface area contributed by atoms with E-state index in [1.807, 2.05) is 29.4 Å². The second kappa shape index (κ2) is 5.21. The van der Waals surface area contributed by atoms with E-state index < -0.39 is 6.10 Å². The molecule has 1 aromatic rings. The Kier molecular flexibility index (Phi) is 3.89. The molecule has 0 saturated carbocycles. The lowest BCUT2D eigenvalue weighted by Gasteiger charge is -2.35. The van der Waals surface area contributed by atoms with Crippen LogP contribution in [0.1, 0.15) is 18.7 Å². The van der Waals surface area contributed by atoms with Crippen LogP contribution in [0.25, 0.3) is 0 Å². The highest BCUT2D eigenvalue weighted by Crippen LogP contribution is 2.26. The Hall–Kier alpha value is -0.520. The number of likely N-dealkylation sites (N-methyl/N-ethyl adjacent to an activating group) is 1. The number of hydrogen-bond acceptors (Lipinski definition) is 4. The van der Waals surface area contributed by atoms with Crippen LogP contribution in [0, 0.1) is 0 Å². The number of hydrogen-bond donors (Lipinski definition) is 1. The average molecular weight is 241 g/mol. The standard InChI is InChI=1S/C11H19N3OS/c1-3-14-9(4-5-12-14)11(15)10-8-16-7-6-13(10)2/h4-5,10-11,15H,3,6-8H2,1-2H3. The molecular weight excluding hydrogens is 222 g/mol. The molecule has 1 aromatic heterocycles. The molecule has 1 aliphatic rings. The zero-order chi connectivity index (χ0) is 11.5. The third-order valence-corrected chi connectivity index (χ3v) is 4.21. The van der Waals surface area contributed by atoms with Gasteiger partial charge in [0.05, 0.1) is 11.7 Å². The summed E-state index contributed by atoms with van der Waals surface area (Å²) in [6, 6.07) is 2.13. The molecule has 0 aromatic carbocycles. The lowest BCUT2D eigenvalue weighted by Crippen LogP contribution is -2.43. The molecule has 0 aliphatic carbocycles. The Labute approximate surface area is 101 Å². The maximum absolute atomic E-state index is 10.4. The van der Waals surface area contributed by atoms with Gasteiger partial charge in [-0.25, -0.2) is 0 Å². The third-order valence-electron chi connectivity index (χ3n) is 3.16. The second-order valence-electron chi connectivity index (χ2n) is 4.14. The van der Waals surface area contributed by atoms with Gasteiger partial charge in [-0.1, -0.05) is 0 Å². The SMILES string of the molecule is CCn1nccc1C(O)C1CSCCN1C. The Morgan fingerprint density at radius 1 is 1.69 bits per heavy atom. The summed E-state index contributed by atoms with van der Waals surface area (Å²) in [4.78, 5) is 2.24. The van der Waals surface area contributed by atoms with E-state index in [4.69, 9.17) is 0 Å². The molecule has 0 bridgehead atoms. The summed E-state index contributed by atoms with van der Waals surface area (Å²) >= 11 is 1.91. The van der Waals surface area contributed by atoms with Crippen LogP contribution in [0.5, 0.6) is 0 Å². The first-order chi connectivity index (χ1) is 7.74. The zero-order valence-electron chi connectivity index (χ0n) is 9.83. The summed E-state index contributed by atoms with van der Waals surface area (Å²) in [5.41, 5.74) is 0.932. The minimum Gasteiger partial charge on any atom is -0.385 e. The van der Waals surface area contributed by atoms with Gasteiger partial charge >= 0.3 is 0 Å². The van der Waals surface area contributed by atoms with Crippen molar-refractivity contribution in [3.63, 3.8) is 0 Å². The van der Waals surface area contributed by atoms with Gasteiger partial charge in [0.15, 0.2) is 0 Å². The summed E-state index contributed by atoms with van der Waals surface area (Å²) in [5, 5.41) is 14.6. The lowest BCUT2D eigenvalue weighted by atomic mass is 10.1. The molecule has 2 atom stereocenters. The van der Waals surface area contributed by atoms with Crippen LogP contribution < -0.4 is 0 Å². The van der Waals surface area contributed by atoms with Gasteiger partial charge in [0.25, 0.3) is 0 Å². The van der Waals surface area contributed by atoms with E-state index in [-0.39, 0.29) is 6.04 Å². The summed E-state index contributed by atoms with van der Waals surface area (Å²) in [6.07, 6.45) is 1.33. The fraction of sp³-hybridized carbons (Fsp3) is 0.727. The highest BCUT2D eigenvalue weighted by molar-refractivity contribution is 7.99. The highest BCUT2D eigenvalue weighted by atomic mass is 32.2. The molecule has 4 nitrogen and oxygen atoms in total. The number of thioether (sulfide) groups is 1. The molecule has 2 unspecified atom stereocenters. The largest absolute Gasteiger partial charge is 0.385 e. The van der Waals surface area contributed by atoms with E-state index in [0.717, 1.165) is 30.3 Å². The van der Waals surface area contributed by atoms with Crippen molar-refractivity contribution in [1.82, 2.24) is 14.7 Å². The summed E-state index contributed by atoms with van der Waals surface area (Å²) in [6.45, 7) is 3.90. The number of aromatic nitrogens is 2. The highest BCUT2D eigenvalue weighted by Gasteiger charge is 2.29. The van der Waals surface area contributed by atoms with Gasteiger partial charge in [0.2, 0.25) is 0 Å². The van der Waals surface area contributed by atoms with Crippen LogP contribution in [-0.2, 0) is 6.54 Å². The zero-order valence-corrected chi connectivity index (χ0v) is 10.7. The molecule has 0 radical (unpaired) electrons. The topological polar surface area (TPSA) is 41.3 Å². The summed E-state index contributed by atoms with van der Waals surface area (Å²) in [7, 11) is 2.08. The smallest absolute Gasteiger partial charge is 0.112 e. The first kappa shape index (κ1) is 12.0. The van der Waals surface area contributed by atoms with E-state index in [9.17, 15) is 5.11 Å². The van der Waals surface area contributed by atoms with Gasteiger partial charge in [-0.3, -0.25) is 9.58 Å². The van der Waals surface area contributed by atoms with Crippen molar-refractivity contribution in [1.29, 1.82) is 0 Å². The molecule has 5 heteroatoms. The monoisotopic (exact) mass is 241 g/mol. The number of nitrogens with zero attached hydrogens (tertiary/aromatic N) is 3. The minimum absolute atomic E-state index is 0.209. The van der Waals surface area contributed by atoms with E-state index in [1.165, 1.54) is 0 Å². The molecule has 1 saturated heterocycles. The van der Waals surface area contributed by atoms with Crippen LogP contribution in [0.15, 0.2) is 12.3 Å². The van der Waals surface area contributed by atoms with E-state index >= 15 is 0 Å². The van der Waals surface area contributed by atoms with E-state index in [2.05, 4.69) is 17.0 Å². The predicted octanol–water partition coefficient (Wildman–Crippen LogP) is 0.984. The first-order valence-electron chi connectivity index (χ1n) is 5.71. The molecule has 0 spiro atoms. The fourth-order valence-corrected chi connectivity index (χ4v) is 3.36. The Morgan fingerprint density at radius 3 is 3.19 bits per heavy atom. The normalized spacial score (nSPS) is 24.6. The lowest BCUT2D eigenvalue weighted by molar-refractivity contribution is 0.0690. The van der Waals surface area contributed by atoms with Crippen molar-refractivity contribution in [3.8, 4) is 0 Å². The van der Waals surface area contributed by atoms with E-state index in [1.54, 1.807) is 6.20 Å². The van der Waals surface area contributed by atoms with E-state index in [0.29, 0.717) is 0 Å². The Bertz CT molecular complexity index is 342. The fourth-order valence-electron chi connectivity index (χ4n) is 2.09.